The smallest absolute Gasteiger partial charge is 0.323 e. The lowest BCUT2D eigenvalue weighted by Crippen LogP contribution is -2.34. The molecular formula is C17H15BrF2N2O2S. The summed E-state index contributed by atoms with van der Waals surface area (Å²) in [4.78, 5) is 14.3. The molecule has 2 amide bonds. The Bertz CT molecular complexity index is 806. The number of rotatable bonds is 3. The largest absolute Gasteiger partial charge is 0.496 e. The maximum absolute atomic E-state index is 13.3. The maximum atomic E-state index is 13.3. The van der Waals surface area contributed by atoms with Crippen molar-refractivity contribution in [1.29, 1.82) is 0 Å². The van der Waals surface area contributed by atoms with Gasteiger partial charge in [0, 0.05) is 34.1 Å². The topological polar surface area (TPSA) is 41.6 Å². The fourth-order valence-electron chi connectivity index (χ4n) is 2.60. The summed E-state index contributed by atoms with van der Waals surface area (Å²) in [6.45, 7) is 0.542. The van der Waals surface area contributed by atoms with Gasteiger partial charge in [-0.1, -0.05) is 15.9 Å². The van der Waals surface area contributed by atoms with Crippen LogP contribution in [0, 0.1) is 11.6 Å². The zero-order chi connectivity index (χ0) is 18.0. The molecule has 0 saturated carbocycles. The quantitative estimate of drug-likeness (QED) is 0.746. The highest BCUT2D eigenvalue weighted by molar-refractivity contribution is 9.10. The van der Waals surface area contributed by atoms with Crippen molar-refractivity contribution >= 4 is 39.4 Å². The van der Waals surface area contributed by atoms with Gasteiger partial charge in [-0.15, -0.1) is 11.8 Å². The van der Waals surface area contributed by atoms with Crippen molar-refractivity contribution in [2.75, 3.05) is 24.7 Å². The molecule has 25 heavy (non-hydrogen) atoms. The van der Waals surface area contributed by atoms with Crippen molar-refractivity contribution in [1.82, 2.24) is 4.90 Å². The van der Waals surface area contributed by atoms with Crippen molar-refractivity contribution in [3.8, 4) is 5.75 Å². The Balaban J connectivity index is 1.82. The van der Waals surface area contributed by atoms with Crippen molar-refractivity contribution in [3.05, 3.63) is 58.1 Å². The highest BCUT2D eigenvalue weighted by Gasteiger charge is 2.33. The Morgan fingerprint density at radius 3 is 2.80 bits per heavy atom. The van der Waals surface area contributed by atoms with E-state index in [2.05, 4.69) is 21.2 Å². The van der Waals surface area contributed by atoms with E-state index in [0.29, 0.717) is 12.3 Å². The SMILES string of the molecule is COc1ccc(Br)cc1C1SCCN1C(=O)Nc1ccc(F)c(F)c1. The highest BCUT2D eigenvalue weighted by atomic mass is 79.9. The molecule has 0 radical (unpaired) electrons. The van der Waals surface area contributed by atoms with Crippen molar-refractivity contribution in [3.63, 3.8) is 0 Å². The average molecular weight is 429 g/mol. The average Bonchev–Trinajstić information content (AvgIpc) is 3.08. The van der Waals surface area contributed by atoms with Gasteiger partial charge < -0.3 is 15.0 Å². The number of methoxy groups -OCH3 is 1. The van der Waals surface area contributed by atoms with Crippen molar-refractivity contribution in [2.45, 2.75) is 5.37 Å². The molecule has 1 fully saturated rings. The second-order valence-electron chi connectivity index (χ2n) is 5.36. The van der Waals surface area contributed by atoms with Crippen LogP contribution in [0.2, 0.25) is 0 Å². The molecule has 1 aliphatic rings. The molecule has 1 heterocycles. The first-order valence-corrected chi connectivity index (χ1v) is 9.31. The van der Waals surface area contributed by atoms with Crippen LogP contribution in [0.1, 0.15) is 10.9 Å². The van der Waals surface area contributed by atoms with E-state index in [9.17, 15) is 13.6 Å². The third kappa shape index (κ3) is 3.90. The Hall–Kier alpha value is -1.80. The lowest BCUT2D eigenvalue weighted by molar-refractivity contribution is 0.213. The number of anilines is 1. The van der Waals surface area contributed by atoms with Gasteiger partial charge in [0.1, 0.15) is 11.1 Å². The molecule has 4 nitrogen and oxygen atoms in total. The van der Waals surface area contributed by atoms with Crippen LogP contribution in [-0.2, 0) is 0 Å². The summed E-state index contributed by atoms with van der Waals surface area (Å²) < 4.78 is 32.6. The molecule has 0 aromatic heterocycles. The van der Waals surface area contributed by atoms with E-state index in [-0.39, 0.29) is 17.1 Å². The number of thioether (sulfide) groups is 1. The van der Waals surface area contributed by atoms with Gasteiger partial charge in [-0.3, -0.25) is 0 Å². The molecule has 2 aromatic carbocycles. The molecule has 1 saturated heterocycles. The fraction of sp³-hybridized carbons (Fsp3) is 0.235. The molecule has 1 aliphatic heterocycles. The number of ether oxygens (including phenoxy) is 1. The number of carbonyl (C=O) groups excluding carboxylic acids is 1. The van der Waals surface area contributed by atoms with Gasteiger partial charge in [0.2, 0.25) is 0 Å². The lowest BCUT2D eigenvalue weighted by atomic mass is 10.2. The molecule has 0 bridgehead atoms. The van der Waals surface area contributed by atoms with Crippen LogP contribution in [0.3, 0.4) is 0 Å². The molecule has 132 valence electrons. The first-order chi connectivity index (χ1) is 12.0. The standard InChI is InChI=1S/C17H15BrF2N2O2S/c1-24-15-5-2-10(18)8-12(15)16-22(6-7-25-16)17(23)21-11-3-4-13(19)14(20)9-11/h2-5,8-9,16H,6-7H2,1H3,(H,21,23). The first kappa shape index (κ1) is 18.0. The summed E-state index contributed by atoms with van der Waals surface area (Å²) >= 11 is 5.05. The Labute approximate surface area is 156 Å². The summed E-state index contributed by atoms with van der Waals surface area (Å²) in [6, 6.07) is 8.53. The van der Waals surface area contributed by atoms with Crippen LogP contribution in [0.15, 0.2) is 40.9 Å². The number of benzene rings is 2. The monoisotopic (exact) mass is 428 g/mol. The number of amides is 2. The molecule has 0 spiro atoms. The number of carbonyl (C=O) groups is 1. The van der Waals surface area contributed by atoms with E-state index < -0.39 is 11.6 Å². The third-order valence-corrected chi connectivity index (χ3v) is 5.52. The second kappa shape index (κ2) is 7.61. The van der Waals surface area contributed by atoms with Gasteiger partial charge in [0.25, 0.3) is 0 Å². The Kier molecular flexibility index (Phi) is 5.48. The van der Waals surface area contributed by atoms with Crippen LogP contribution in [0.25, 0.3) is 0 Å². The summed E-state index contributed by atoms with van der Waals surface area (Å²) in [6.07, 6.45) is 0. The van der Waals surface area contributed by atoms with Gasteiger partial charge >= 0.3 is 6.03 Å². The van der Waals surface area contributed by atoms with Gasteiger partial charge in [0.15, 0.2) is 11.6 Å². The lowest BCUT2D eigenvalue weighted by Gasteiger charge is -2.26. The molecule has 2 aromatic rings. The Morgan fingerprint density at radius 2 is 2.08 bits per heavy atom. The van der Waals surface area contributed by atoms with Crippen LogP contribution in [0.4, 0.5) is 19.3 Å². The minimum absolute atomic E-state index is 0.209. The van der Waals surface area contributed by atoms with Crippen LogP contribution in [-0.4, -0.2) is 30.3 Å². The van der Waals surface area contributed by atoms with E-state index in [0.717, 1.165) is 27.9 Å². The number of hydrogen-bond acceptors (Lipinski definition) is 3. The molecule has 1 unspecified atom stereocenters. The predicted octanol–water partition coefficient (Wildman–Crippen LogP) is 5.02. The minimum Gasteiger partial charge on any atom is -0.496 e. The van der Waals surface area contributed by atoms with Gasteiger partial charge in [0.05, 0.1) is 7.11 Å². The summed E-state index contributed by atoms with van der Waals surface area (Å²) in [7, 11) is 1.58. The zero-order valence-corrected chi connectivity index (χ0v) is 15.7. The fourth-order valence-corrected chi connectivity index (χ4v) is 4.25. The summed E-state index contributed by atoms with van der Waals surface area (Å²) in [5, 5.41) is 2.39. The molecule has 8 heteroatoms. The number of nitrogens with zero attached hydrogens (tertiary/aromatic N) is 1. The number of hydrogen-bond donors (Lipinski definition) is 1. The highest BCUT2D eigenvalue weighted by Crippen LogP contribution is 2.43. The first-order valence-electron chi connectivity index (χ1n) is 7.47. The van der Waals surface area contributed by atoms with E-state index in [4.69, 9.17) is 4.74 Å². The molecular weight excluding hydrogens is 414 g/mol. The zero-order valence-electron chi connectivity index (χ0n) is 13.3. The van der Waals surface area contributed by atoms with E-state index in [1.165, 1.54) is 6.07 Å². The van der Waals surface area contributed by atoms with Gasteiger partial charge in [-0.2, -0.15) is 0 Å². The van der Waals surface area contributed by atoms with E-state index in [1.807, 2.05) is 18.2 Å². The van der Waals surface area contributed by atoms with Gasteiger partial charge in [-0.25, -0.2) is 13.6 Å². The number of nitrogens with one attached hydrogen (secondary N) is 1. The summed E-state index contributed by atoms with van der Waals surface area (Å²) in [5.74, 6) is -0.496. The number of urea groups is 1. The Morgan fingerprint density at radius 1 is 1.28 bits per heavy atom. The van der Waals surface area contributed by atoms with E-state index in [1.54, 1.807) is 23.8 Å². The van der Waals surface area contributed by atoms with Crippen LogP contribution >= 0.6 is 27.7 Å². The normalized spacial score (nSPS) is 16.8. The van der Waals surface area contributed by atoms with Crippen LogP contribution in [0.5, 0.6) is 5.75 Å². The van der Waals surface area contributed by atoms with Gasteiger partial charge in [-0.05, 0) is 30.3 Å². The minimum atomic E-state index is -1.00. The van der Waals surface area contributed by atoms with Crippen LogP contribution < -0.4 is 10.1 Å². The van der Waals surface area contributed by atoms with E-state index >= 15 is 0 Å². The summed E-state index contributed by atoms with van der Waals surface area (Å²) in [5.41, 5.74) is 1.08. The molecule has 1 atom stereocenters. The molecule has 3 rings (SSSR count). The maximum Gasteiger partial charge on any atom is 0.323 e. The van der Waals surface area contributed by atoms with Crippen molar-refractivity contribution < 1.29 is 18.3 Å². The molecule has 0 aliphatic carbocycles. The third-order valence-electron chi connectivity index (χ3n) is 3.78. The predicted molar refractivity (Wildman–Crippen MR) is 98.0 cm³/mol. The number of halogens is 3. The molecule has 1 N–H and O–H groups in total. The second-order valence-corrected chi connectivity index (χ2v) is 7.47. The van der Waals surface area contributed by atoms with Crippen molar-refractivity contribution in [2.24, 2.45) is 0 Å².